The summed E-state index contributed by atoms with van der Waals surface area (Å²) in [4.78, 5) is 13.7. The molecule has 2 amide bonds. The molecule has 0 aromatic carbocycles. The number of aryl methyl sites for hydroxylation is 1. The lowest BCUT2D eigenvalue weighted by Gasteiger charge is -2.20. The molecular weight excluding hydrogens is 216 g/mol. The number of furan rings is 1. The maximum absolute atomic E-state index is 11.8. The van der Waals surface area contributed by atoms with E-state index in [1.165, 1.54) is 0 Å². The molecule has 0 unspecified atom stereocenters. The normalized spacial score (nSPS) is 17.1. The number of nitrogens with one attached hydrogen (secondary N) is 1. The molecule has 0 aliphatic carbocycles. The van der Waals surface area contributed by atoms with E-state index in [1.54, 1.807) is 6.26 Å². The Balaban J connectivity index is 1.69. The second-order valence-electron chi connectivity index (χ2n) is 4.66. The number of carbonyl (C=O) groups is 1. The summed E-state index contributed by atoms with van der Waals surface area (Å²) in [5.74, 6) is 0.979. The van der Waals surface area contributed by atoms with Crippen LogP contribution in [0.1, 0.15) is 31.9 Å². The Morgan fingerprint density at radius 3 is 2.94 bits per heavy atom. The highest BCUT2D eigenvalue weighted by Crippen LogP contribution is 2.09. The van der Waals surface area contributed by atoms with Crippen LogP contribution in [0.4, 0.5) is 4.79 Å². The molecule has 1 atom stereocenters. The molecule has 4 heteroatoms. The van der Waals surface area contributed by atoms with E-state index in [4.69, 9.17) is 4.42 Å². The van der Waals surface area contributed by atoms with Crippen molar-refractivity contribution in [2.45, 2.75) is 38.6 Å². The number of rotatable bonds is 4. The number of amides is 2. The molecule has 1 N–H and O–H groups in total. The average Bonchev–Trinajstić information content (AvgIpc) is 2.99. The number of nitrogens with zero attached hydrogens (tertiary/aromatic N) is 1. The van der Waals surface area contributed by atoms with Crippen LogP contribution in [0.2, 0.25) is 0 Å². The molecule has 0 spiro atoms. The third-order valence-corrected chi connectivity index (χ3v) is 3.17. The summed E-state index contributed by atoms with van der Waals surface area (Å²) >= 11 is 0. The first-order valence-corrected chi connectivity index (χ1v) is 6.33. The molecule has 0 radical (unpaired) electrons. The van der Waals surface area contributed by atoms with Crippen molar-refractivity contribution in [2.75, 3.05) is 13.1 Å². The minimum atomic E-state index is 0.0782. The van der Waals surface area contributed by atoms with E-state index in [2.05, 4.69) is 5.32 Å². The summed E-state index contributed by atoms with van der Waals surface area (Å²) in [5.41, 5.74) is 0. The van der Waals surface area contributed by atoms with Crippen LogP contribution >= 0.6 is 0 Å². The second-order valence-corrected chi connectivity index (χ2v) is 4.66. The van der Waals surface area contributed by atoms with Crippen LogP contribution in [0.3, 0.4) is 0 Å². The highest BCUT2D eigenvalue weighted by molar-refractivity contribution is 5.74. The minimum absolute atomic E-state index is 0.0782. The average molecular weight is 236 g/mol. The van der Waals surface area contributed by atoms with Crippen molar-refractivity contribution in [3.05, 3.63) is 24.2 Å². The monoisotopic (exact) mass is 236 g/mol. The summed E-state index contributed by atoms with van der Waals surface area (Å²) < 4.78 is 5.27. The Kier molecular flexibility index (Phi) is 4.07. The predicted octanol–water partition coefficient (Wildman–Crippen LogP) is 2.41. The lowest BCUT2D eigenvalue weighted by molar-refractivity contribution is 0.204. The fourth-order valence-corrected chi connectivity index (χ4v) is 2.11. The molecule has 4 nitrogen and oxygen atoms in total. The lowest BCUT2D eigenvalue weighted by atomic mass is 10.1. The second kappa shape index (κ2) is 5.75. The first-order valence-electron chi connectivity index (χ1n) is 6.33. The zero-order valence-electron chi connectivity index (χ0n) is 10.3. The van der Waals surface area contributed by atoms with Crippen molar-refractivity contribution < 1.29 is 9.21 Å². The van der Waals surface area contributed by atoms with E-state index in [-0.39, 0.29) is 12.1 Å². The van der Waals surface area contributed by atoms with E-state index >= 15 is 0 Å². The number of likely N-dealkylation sites (tertiary alicyclic amines) is 1. The number of hydrogen-bond donors (Lipinski definition) is 1. The van der Waals surface area contributed by atoms with Gasteiger partial charge in [0.15, 0.2) is 0 Å². The fourth-order valence-electron chi connectivity index (χ4n) is 2.11. The van der Waals surface area contributed by atoms with Gasteiger partial charge in [-0.15, -0.1) is 0 Å². The van der Waals surface area contributed by atoms with Crippen molar-refractivity contribution in [1.82, 2.24) is 10.2 Å². The molecule has 2 rings (SSSR count). The van der Waals surface area contributed by atoms with E-state index in [0.29, 0.717) is 0 Å². The van der Waals surface area contributed by atoms with Crippen LogP contribution in [-0.2, 0) is 6.42 Å². The Hall–Kier alpha value is -1.45. The molecule has 17 heavy (non-hydrogen) atoms. The molecule has 1 aliphatic rings. The van der Waals surface area contributed by atoms with Gasteiger partial charge in [-0.25, -0.2) is 4.79 Å². The van der Waals surface area contributed by atoms with Crippen LogP contribution in [-0.4, -0.2) is 30.1 Å². The molecule has 2 heterocycles. The van der Waals surface area contributed by atoms with Crippen molar-refractivity contribution in [3.8, 4) is 0 Å². The standard InChI is InChI=1S/C13H20N2O2/c1-11(6-7-12-5-4-10-17-12)14-13(16)15-8-2-3-9-15/h4-5,10-11H,2-3,6-9H2,1H3,(H,14,16)/t11-/m0/s1. The summed E-state index contributed by atoms with van der Waals surface area (Å²) in [6, 6.07) is 4.13. The van der Waals surface area contributed by atoms with Gasteiger partial charge in [0.05, 0.1) is 6.26 Å². The maximum atomic E-state index is 11.8. The van der Waals surface area contributed by atoms with Gasteiger partial charge in [0.25, 0.3) is 0 Å². The predicted molar refractivity (Wildman–Crippen MR) is 65.8 cm³/mol. The first-order chi connectivity index (χ1) is 8.25. The van der Waals surface area contributed by atoms with Gasteiger partial charge < -0.3 is 14.6 Å². The zero-order valence-corrected chi connectivity index (χ0v) is 10.3. The van der Waals surface area contributed by atoms with Gasteiger partial charge in [0, 0.05) is 25.6 Å². The lowest BCUT2D eigenvalue weighted by Crippen LogP contribution is -2.42. The molecule has 0 bridgehead atoms. The zero-order chi connectivity index (χ0) is 12.1. The summed E-state index contributed by atoms with van der Waals surface area (Å²) in [7, 11) is 0. The van der Waals surface area contributed by atoms with Crippen LogP contribution in [0.5, 0.6) is 0 Å². The van der Waals surface area contributed by atoms with E-state index in [0.717, 1.165) is 44.5 Å². The van der Waals surface area contributed by atoms with Gasteiger partial charge in [-0.2, -0.15) is 0 Å². The van der Waals surface area contributed by atoms with Gasteiger partial charge in [-0.1, -0.05) is 0 Å². The van der Waals surface area contributed by atoms with Gasteiger partial charge >= 0.3 is 6.03 Å². The Bertz CT molecular complexity index is 342. The number of hydrogen-bond acceptors (Lipinski definition) is 2. The third kappa shape index (κ3) is 3.51. The molecule has 94 valence electrons. The smallest absolute Gasteiger partial charge is 0.317 e. The van der Waals surface area contributed by atoms with Crippen LogP contribution in [0.25, 0.3) is 0 Å². The highest BCUT2D eigenvalue weighted by Gasteiger charge is 2.18. The van der Waals surface area contributed by atoms with Crippen LogP contribution in [0.15, 0.2) is 22.8 Å². The molecular formula is C13H20N2O2. The van der Waals surface area contributed by atoms with Crippen molar-refractivity contribution >= 4 is 6.03 Å². The summed E-state index contributed by atoms with van der Waals surface area (Å²) in [5, 5.41) is 3.03. The van der Waals surface area contributed by atoms with Gasteiger partial charge in [0.2, 0.25) is 0 Å². The highest BCUT2D eigenvalue weighted by atomic mass is 16.3. The Labute approximate surface area is 102 Å². The van der Waals surface area contributed by atoms with Crippen LogP contribution in [0, 0.1) is 0 Å². The molecule has 0 saturated carbocycles. The number of carbonyl (C=O) groups excluding carboxylic acids is 1. The number of urea groups is 1. The minimum Gasteiger partial charge on any atom is -0.469 e. The maximum Gasteiger partial charge on any atom is 0.317 e. The van der Waals surface area contributed by atoms with Crippen LogP contribution < -0.4 is 5.32 Å². The molecule has 1 aromatic heterocycles. The Morgan fingerprint density at radius 1 is 1.53 bits per heavy atom. The summed E-state index contributed by atoms with van der Waals surface area (Å²) in [6.45, 7) is 3.84. The summed E-state index contributed by atoms with van der Waals surface area (Å²) in [6.07, 6.45) is 5.73. The Morgan fingerprint density at radius 2 is 2.29 bits per heavy atom. The first kappa shape index (κ1) is 12.0. The van der Waals surface area contributed by atoms with E-state index < -0.39 is 0 Å². The largest absolute Gasteiger partial charge is 0.469 e. The SMILES string of the molecule is C[C@@H](CCc1ccco1)NC(=O)N1CCCC1. The molecule has 1 fully saturated rings. The van der Waals surface area contributed by atoms with Gasteiger partial charge in [-0.05, 0) is 38.3 Å². The van der Waals surface area contributed by atoms with Gasteiger partial charge in [-0.3, -0.25) is 0 Å². The quantitative estimate of drug-likeness (QED) is 0.872. The molecule has 1 aliphatic heterocycles. The third-order valence-electron chi connectivity index (χ3n) is 3.17. The van der Waals surface area contributed by atoms with E-state index in [1.807, 2.05) is 24.0 Å². The van der Waals surface area contributed by atoms with Crippen molar-refractivity contribution in [3.63, 3.8) is 0 Å². The van der Waals surface area contributed by atoms with Crippen molar-refractivity contribution in [2.24, 2.45) is 0 Å². The van der Waals surface area contributed by atoms with Crippen molar-refractivity contribution in [1.29, 1.82) is 0 Å². The topological polar surface area (TPSA) is 45.5 Å². The fraction of sp³-hybridized carbons (Fsp3) is 0.615. The van der Waals surface area contributed by atoms with Gasteiger partial charge in [0.1, 0.15) is 5.76 Å². The molecule has 1 saturated heterocycles. The molecule has 1 aromatic rings. The van der Waals surface area contributed by atoms with E-state index in [9.17, 15) is 4.79 Å².